The van der Waals surface area contributed by atoms with E-state index in [2.05, 4.69) is 52.2 Å². The third-order valence-corrected chi connectivity index (χ3v) is 17.3. The minimum absolute atomic E-state index is 0.0456. The Morgan fingerprint density at radius 1 is 0.794 bits per heavy atom. The lowest BCUT2D eigenvalue weighted by Gasteiger charge is -2.53. The van der Waals surface area contributed by atoms with Crippen LogP contribution in [0.2, 0.25) is 10.1 Å². The van der Waals surface area contributed by atoms with Gasteiger partial charge in [-0.25, -0.2) is 14.4 Å². The number of benzene rings is 3. The van der Waals surface area contributed by atoms with Crippen molar-refractivity contribution >= 4 is 32.5 Å². The molecule has 0 bridgehead atoms. The molecule has 0 aliphatic carbocycles. The van der Waals surface area contributed by atoms with Crippen LogP contribution in [0, 0.1) is 0 Å². The smallest absolute Gasteiger partial charge is 0.413 e. The van der Waals surface area contributed by atoms with E-state index in [0.717, 1.165) is 36.0 Å². The standard InChI is InChI=1S/C51H67N5O11Si/c1-50(2,3)68(51(4,5)6)64-35-40-43(67-68)44(66-42-27-17-19-31-60-42)45(65-40)56-30-28-41(55-49(59)63-34-38-24-14-9-15-25-38)54-47(56)52-29-18-16-26-39(46(57)61-32-36-20-10-7-11-21-36)53-48(58)62-33-37-22-12-8-13-23-37/h7-15,20-25,28,30,39-40,42-45H,16-19,26-27,29,31-35H2,1-6H3,(H,53,58)(H,52,54,55,59)/t39-,40+,42?,43+,44+,45+/m0/s1. The van der Waals surface area contributed by atoms with E-state index < -0.39 is 63.6 Å². The molecule has 1 unspecified atom stereocenters. The molecule has 3 aliphatic rings. The molecule has 4 aromatic rings. The van der Waals surface area contributed by atoms with Crippen LogP contribution in [-0.2, 0) is 61.9 Å². The second-order valence-electron chi connectivity index (χ2n) is 19.4. The summed E-state index contributed by atoms with van der Waals surface area (Å²) in [6.45, 7) is 14.4. The van der Waals surface area contributed by atoms with Crippen molar-refractivity contribution in [3.05, 3.63) is 126 Å². The number of ether oxygens (including phenoxy) is 6. The lowest BCUT2D eigenvalue weighted by Crippen LogP contribution is -2.65. The number of unbranched alkanes of at least 4 members (excludes halogenated alkanes) is 1. The summed E-state index contributed by atoms with van der Waals surface area (Å²) in [6.07, 6.45) is 1.43. The molecule has 3 saturated heterocycles. The van der Waals surface area contributed by atoms with Crippen LogP contribution in [0.25, 0.3) is 0 Å². The van der Waals surface area contributed by atoms with Crippen LogP contribution >= 0.6 is 0 Å². The fourth-order valence-corrected chi connectivity index (χ4v) is 13.9. The molecule has 3 aromatic carbocycles. The highest BCUT2D eigenvalue weighted by Crippen LogP contribution is 2.56. The summed E-state index contributed by atoms with van der Waals surface area (Å²) in [5.74, 6) is -0.364. The molecule has 2 amide bonds. The Morgan fingerprint density at radius 3 is 1.99 bits per heavy atom. The van der Waals surface area contributed by atoms with E-state index in [1.807, 2.05) is 91.0 Å². The van der Waals surface area contributed by atoms with E-state index in [0.29, 0.717) is 26.1 Å². The van der Waals surface area contributed by atoms with Crippen LogP contribution in [0.15, 0.2) is 108 Å². The number of carbonyl (C=O) groups is 3. The molecular formula is C51H67N5O11Si. The van der Waals surface area contributed by atoms with Gasteiger partial charge in [-0.1, -0.05) is 133 Å². The van der Waals surface area contributed by atoms with Crippen LogP contribution < -0.4 is 16.3 Å². The molecule has 0 saturated carbocycles. The first kappa shape index (κ1) is 50.4. The second-order valence-corrected chi connectivity index (χ2v) is 24.2. The number of esters is 1. The van der Waals surface area contributed by atoms with Crippen molar-refractivity contribution in [1.29, 1.82) is 0 Å². The Kier molecular flexibility index (Phi) is 17.2. The number of anilines is 1. The van der Waals surface area contributed by atoms with Gasteiger partial charge < -0.3 is 42.6 Å². The maximum Gasteiger partial charge on any atom is 0.413 e. The fraction of sp³-hybridized carbons (Fsp3) is 0.510. The average Bonchev–Trinajstić information content (AvgIpc) is 3.68. The van der Waals surface area contributed by atoms with E-state index >= 15 is 0 Å². The van der Waals surface area contributed by atoms with Crippen molar-refractivity contribution in [3.8, 4) is 0 Å². The topological polar surface area (TPSA) is 179 Å². The van der Waals surface area contributed by atoms with Crippen molar-refractivity contribution in [2.45, 2.75) is 147 Å². The van der Waals surface area contributed by atoms with Crippen LogP contribution in [0.3, 0.4) is 0 Å². The molecule has 0 spiro atoms. The van der Waals surface area contributed by atoms with Gasteiger partial charge in [0.25, 0.3) is 0 Å². The molecule has 6 atom stereocenters. The molecule has 1 aromatic heterocycles. The molecular weight excluding hydrogens is 887 g/mol. The number of fused-ring (bicyclic) bond motifs is 1. The predicted molar refractivity (Wildman–Crippen MR) is 255 cm³/mol. The maximum absolute atomic E-state index is 13.5. The predicted octanol–water partition coefficient (Wildman–Crippen LogP) is 9.01. The normalized spacial score (nSPS) is 22.1. The summed E-state index contributed by atoms with van der Waals surface area (Å²) < 4.78 is 52.4. The third kappa shape index (κ3) is 13.2. The van der Waals surface area contributed by atoms with Crippen molar-refractivity contribution in [1.82, 2.24) is 14.9 Å². The van der Waals surface area contributed by atoms with Gasteiger partial charge in [0, 0.05) is 29.4 Å². The summed E-state index contributed by atoms with van der Waals surface area (Å²) in [4.78, 5) is 49.3. The maximum atomic E-state index is 13.5. The van der Waals surface area contributed by atoms with Crippen molar-refractivity contribution in [2.24, 2.45) is 4.99 Å². The first-order valence-electron chi connectivity index (χ1n) is 23.7. The van der Waals surface area contributed by atoms with Crippen molar-refractivity contribution in [3.63, 3.8) is 0 Å². The van der Waals surface area contributed by atoms with Crippen molar-refractivity contribution < 1.29 is 51.7 Å². The van der Waals surface area contributed by atoms with Gasteiger partial charge >= 0.3 is 26.7 Å². The first-order valence-corrected chi connectivity index (χ1v) is 25.5. The van der Waals surface area contributed by atoms with E-state index in [-0.39, 0.29) is 54.3 Å². The molecule has 0 radical (unpaired) electrons. The van der Waals surface area contributed by atoms with Gasteiger partial charge in [-0.2, -0.15) is 4.98 Å². The number of carbonyl (C=O) groups excluding carboxylic acids is 3. The number of aromatic nitrogens is 2. The van der Waals surface area contributed by atoms with Gasteiger partial charge in [0.2, 0.25) is 5.62 Å². The molecule has 17 heteroatoms. The van der Waals surface area contributed by atoms with E-state index in [4.69, 9.17) is 47.2 Å². The van der Waals surface area contributed by atoms with Gasteiger partial charge in [0.15, 0.2) is 12.5 Å². The molecule has 7 rings (SSSR count). The SMILES string of the molecule is CC(C)(C)[Si]1(C(C)(C)C)OC[C@H]2O[C@@H](n3ccc(NC(=O)OCc4ccccc4)n/c3=N\CCCC[C@H](NC(=O)OCc3ccccc3)C(=O)OCc3ccccc3)[C@H](OC3CCCCO3)[C@@H]2O1. The van der Waals surface area contributed by atoms with Gasteiger partial charge in [-0.15, -0.1) is 0 Å². The molecule has 68 heavy (non-hydrogen) atoms. The van der Waals surface area contributed by atoms with Gasteiger partial charge in [0.05, 0.1) is 6.61 Å². The molecule has 4 heterocycles. The van der Waals surface area contributed by atoms with Crippen LogP contribution in [0.4, 0.5) is 15.4 Å². The van der Waals surface area contributed by atoms with Gasteiger partial charge in [-0.3, -0.25) is 14.9 Å². The molecule has 16 nitrogen and oxygen atoms in total. The Labute approximate surface area is 400 Å². The summed E-state index contributed by atoms with van der Waals surface area (Å²) in [5.41, 5.74) is 2.73. The minimum atomic E-state index is -2.96. The highest BCUT2D eigenvalue weighted by Gasteiger charge is 2.65. The zero-order valence-corrected chi connectivity index (χ0v) is 41.1. The average molecular weight is 954 g/mol. The number of hydrogen-bond acceptors (Lipinski definition) is 13. The number of alkyl carbamates (subject to hydrolysis) is 1. The minimum Gasteiger partial charge on any atom is -0.459 e. The zero-order chi connectivity index (χ0) is 48.2. The van der Waals surface area contributed by atoms with E-state index in [9.17, 15) is 14.4 Å². The highest BCUT2D eigenvalue weighted by molar-refractivity contribution is 6.73. The molecule has 2 N–H and O–H groups in total. The van der Waals surface area contributed by atoms with E-state index in [1.54, 1.807) is 16.8 Å². The van der Waals surface area contributed by atoms with E-state index in [1.165, 1.54) is 0 Å². The van der Waals surface area contributed by atoms with Gasteiger partial charge in [0.1, 0.15) is 50.0 Å². The second kappa shape index (κ2) is 23.2. The summed E-state index contributed by atoms with van der Waals surface area (Å²) in [6, 6.07) is 28.7. The Morgan fingerprint density at radius 2 is 1.40 bits per heavy atom. The Balaban J connectivity index is 1.12. The number of hydrogen-bond donors (Lipinski definition) is 2. The highest BCUT2D eigenvalue weighted by atomic mass is 28.4. The largest absolute Gasteiger partial charge is 0.459 e. The molecule has 3 aliphatic heterocycles. The van der Waals surface area contributed by atoms with Crippen LogP contribution in [0.1, 0.15) is 103 Å². The summed E-state index contributed by atoms with van der Waals surface area (Å²) >= 11 is 0. The van der Waals surface area contributed by atoms with Crippen LogP contribution in [-0.4, -0.2) is 86.7 Å². The number of rotatable bonds is 17. The zero-order valence-electron chi connectivity index (χ0n) is 40.1. The molecule has 3 fully saturated rings. The molecule has 366 valence electrons. The lowest BCUT2D eigenvalue weighted by atomic mass is 10.1. The monoisotopic (exact) mass is 953 g/mol. The summed E-state index contributed by atoms with van der Waals surface area (Å²) in [7, 11) is -2.96. The first-order chi connectivity index (χ1) is 32.7. The number of amides is 2. The number of nitrogens with zero attached hydrogens (tertiary/aromatic N) is 3. The van der Waals surface area contributed by atoms with Crippen LogP contribution in [0.5, 0.6) is 0 Å². The Bertz CT molecular complexity index is 2300. The third-order valence-electron chi connectivity index (χ3n) is 12.2. The lowest BCUT2D eigenvalue weighted by molar-refractivity contribution is -0.216. The fourth-order valence-electron chi connectivity index (χ4n) is 8.98. The number of nitrogens with one attached hydrogen (secondary N) is 2. The summed E-state index contributed by atoms with van der Waals surface area (Å²) in [5, 5.41) is 4.90. The quantitative estimate of drug-likeness (QED) is 0.0445. The Hall–Kier alpha value is -5.43. The van der Waals surface area contributed by atoms with Crippen molar-refractivity contribution in [2.75, 3.05) is 25.1 Å². The van der Waals surface area contributed by atoms with Gasteiger partial charge in [-0.05, 0) is 61.3 Å².